The van der Waals surface area contributed by atoms with Crippen LogP contribution in [0.3, 0.4) is 0 Å². The summed E-state index contributed by atoms with van der Waals surface area (Å²) in [5, 5.41) is 9.98. The largest absolute Gasteiger partial charge is 0.488 e. The molecule has 0 spiro atoms. The van der Waals surface area contributed by atoms with Crippen LogP contribution in [0.5, 0.6) is 5.75 Å². The number of rotatable bonds is 4. The number of aryl methyl sites for hydroxylation is 1. The van der Waals surface area contributed by atoms with E-state index < -0.39 is 0 Å². The van der Waals surface area contributed by atoms with Crippen molar-refractivity contribution < 1.29 is 9.84 Å². The van der Waals surface area contributed by atoms with Gasteiger partial charge < -0.3 is 19.7 Å². The Bertz CT molecular complexity index is 1230. The molecule has 2 aromatic carbocycles. The second kappa shape index (κ2) is 7.31. The summed E-state index contributed by atoms with van der Waals surface area (Å²) < 4.78 is 6.13. The van der Waals surface area contributed by atoms with E-state index in [0.717, 1.165) is 50.8 Å². The van der Waals surface area contributed by atoms with Crippen molar-refractivity contribution in [2.24, 2.45) is 0 Å². The molecule has 6 heteroatoms. The van der Waals surface area contributed by atoms with Gasteiger partial charge in [-0.2, -0.15) is 0 Å². The summed E-state index contributed by atoms with van der Waals surface area (Å²) >= 11 is 0. The second-order valence-electron chi connectivity index (χ2n) is 7.38. The van der Waals surface area contributed by atoms with Crippen LogP contribution in [0.25, 0.3) is 28.5 Å². The maximum absolute atomic E-state index is 9.98. The molecule has 0 amide bonds. The average molecular weight is 398 g/mol. The van der Waals surface area contributed by atoms with E-state index in [1.54, 1.807) is 12.3 Å². The van der Waals surface area contributed by atoms with Gasteiger partial charge in [-0.05, 0) is 48.4 Å². The van der Waals surface area contributed by atoms with Gasteiger partial charge in [-0.3, -0.25) is 0 Å². The van der Waals surface area contributed by atoms with E-state index in [1.807, 2.05) is 47.4 Å². The molecule has 0 saturated heterocycles. The highest BCUT2D eigenvalue weighted by Crippen LogP contribution is 2.44. The van der Waals surface area contributed by atoms with Crippen molar-refractivity contribution in [1.29, 1.82) is 0 Å². The molecule has 150 valence electrons. The first-order chi connectivity index (χ1) is 14.7. The fourth-order valence-corrected chi connectivity index (χ4v) is 3.91. The first-order valence-corrected chi connectivity index (χ1v) is 9.89. The van der Waals surface area contributed by atoms with Gasteiger partial charge in [0, 0.05) is 6.20 Å². The first kappa shape index (κ1) is 18.4. The molecule has 30 heavy (non-hydrogen) atoms. The van der Waals surface area contributed by atoms with Crippen LogP contribution in [0, 0.1) is 6.92 Å². The number of nitrogens with one attached hydrogen (secondary N) is 1. The molecule has 5 rings (SSSR count). The molecule has 0 fully saturated rings. The zero-order valence-corrected chi connectivity index (χ0v) is 16.7. The van der Waals surface area contributed by atoms with E-state index in [0.29, 0.717) is 6.61 Å². The fraction of sp³-hybridized carbons (Fsp3) is 0.167. The third-order valence-electron chi connectivity index (χ3n) is 5.47. The van der Waals surface area contributed by atoms with Gasteiger partial charge in [-0.1, -0.05) is 30.9 Å². The zero-order valence-electron chi connectivity index (χ0n) is 16.7. The Labute approximate surface area is 174 Å². The van der Waals surface area contributed by atoms with Gasteiger partial charge in [-0.25, -0.2) is 9.97 Å². The van der Waals surface area contributed by atoms with Gasteiger partial charge in [0.15, 0.2) is 5.75 Å². The van der Waals surface area contributed by atoms with E-state index >= 15 is 0 Å². The van der Waals surface area contributed by atoms with E-state index in [9.17, 15) is 5.11 Å². The first-order valence-electron chi connectivity index (χ1n) is 9.89. The second-order valence-corrected chi connectivity index (χ2v) is 7.38. The van der Waals surface area contributed by atoms with Crippen LogP contribution in [-0.2, 0) is 0 Å². The minimum Gasteiger partial charge on any atom is -0.488 e. The number of H-pyrrole nitrogens is 1. The van der Waals surface area contributed by atoms with Crippen molar-refractivity contribution in [3.63, 3.8) is 0 Å². The Balaban J connectivity index is 1.65. The summed E-state index contributed by atoms with van der Waals surface area (Å²) in [6.45, 7) is 6.15. The Kier molecular flexibility index (Phi) is 4.48. The smallest absolute Gasteiger partial charge is 0.154 e. The summed E-state index contributed by atoms with van der Waals surface area (Å²) in [4.78, 5) is 14.8. The lowest BCUT2D eigenvalue weighted by molar-refractivity contribution is 0.195. The van der Waals surface area contributed by atoms with Crippen molar-refractivity contribution in [2.45, 2.75) is 13.0 Å². The number of ether oxygens (including phenoxy) is 1. The van der Waals surface area contributed by atoms with Crippen molar-refractivity contribution in [3.05, 3.63) is 72.4 Å². The van der Waals surface area contributed by atoms with Crippen LogP contribution in [0.4, 0.5) is 11.5 Å². The third-order valence-corrected chi connectivity index (χ3v) is 5.47. The van der Waals surface area contributed by atoms with Crippen molar-refractivity contribution >= 4 is 28.6 Å². The minimum absolute atomic E-state index is 0.0433. The number of imidazole rings is 1. The molecule has 0 aliphatic carbocycles. The number of nitrogens with zero attached hydrogens (tertiary/aromatic N) is 3. The number of hydrogen-bond acceptors (Lipinski definition) is 5. The number of aliphatic hydroxyl groups excluding tert-OH is 1. The Hall–Kier alpha value is -3.64. The number of aliphatic hydroxyl groups is 1. The number of fused-ring (bicyclic) bond motifs is 2. The number of benzene rings is 2. The van der Waals surface area contributed by atoms with Crippen LogP contribution in [0.2, 0.25) is 0 Å². The standard InChI is InChI=1S/C24H22N4O2/c1-3-16-10-11-21(25-12-16)28-17(13-29)14-30-23-18(7-5-9-20(23)28)24-26-19-8-4-6-15(2)22(19)27-24/h3-12,17,29H,1,13-14H2,2H3,(H,26,27)/t17-/m0/s1. The quantitative estimate of drug-likeness (QED) is 0.531. The number of para-hydroxylation sites is 2. The van der Waals surface area contributed by atoms with Crippen LogP contribution < -0.4 is 9.64 Å². The Morgan fingerprint density at radius 3 is 2.83 bits per heavy atom. The van der Waals surface area contributed by atoms with Crippen molar-refractivity contribution in [2.75, 3.05) is 18.1 Å². The molecule has 6 nitrogen and oxygen atoms in total. The fourth-order valence-electron chi connectivity index (χ4n) is 3.91. The number of pyridine rings is 1. The van der Waals surface area contributed by atoms with E-state index in [4.69, 9.17) is 9.72 Å². The molecule has 0 unspecified atom stereocenters. The molecule has 0 saturated carbocycles. The molecule has 1 atom stereocenters. The lowest BCUT2D eigenvalue weighted by atomic mass is 10.1. The monoisotopic (exact) mass is 398 g/mol. The third kappa shape index (κ3) is 2.93. The summed E-state index contributed by atoms with van der Waals surface area (Å²) in [7, 11) is 0. The maximum Gasteiger partial charge on any atom is 0.154 e. The van der Waals surface area contributed by atoms with Gasteiger partial charge >= 0.3 is 0 Å². The topological polar surface area (TPSA) is 74.3 Å². The molecule has 2 aromatic heterocycles. The van der Waals surface area contributed by atoms with Crippen LogP contribution in [-0.4, -0.2) is 39.3 Å². The van der Waals surface area contributed by atoms with Gasteiger partial charge in [-0.15, -0.1) is 0 Å². The molecular weight excluding hydrogens is 376 g/mol. The predicted molar refractivity (Wildman–Crippen MR) is 119 cm³/mol. The highest BCUT2D eigenvalue weighted by atomic mass is 16.5. The molecule has 3 heterocycles. The molecule has 1 aliphatic heterocycles. The molecule has 2 N–H and O–H groups in total. The highest BCUT2D eigenvalue weighted by molar-refractivity contribution is 5.86. The molecular formula is C24H22N4O2. The predicted octanol–water partition coefficient (Wildman–Crippen LogP) is 4.47. The number of aromatic nitrogens is 3. The molecule has 0 radical (unpaired) electrons. The molecule has 0 bridgehead atoms. The minimum atomic E-state index is -0.229. The maximum atomic E-state index is 9.98. The average Bonchev–Trinajstić information content (AvgIpc) is 3.23. The lowest BCUT2D eigenvalue weighted by Gasteiger charge is -2.37. The molecule has 4 aromatic rings. The van der Waals surface area contributed by atoms with Gasteiger partial charge in [0.2, 0.25) is 0 Å². The summed E-state index contributed by atoms with van der Waals surface area (Å²) in [6.07, 6.45) is 3.53. The van der Waals surface area contributed by atoms with Crippen molar-refractivity contribution in [1.82, 2.24) is 15.0 Å². The normalized spacial score (nSPS) is 15.7. The highest BCUT2D eigenvalue weighted by Gasteiger charge is 2.31. The van der Waals surface area contributed by atoms with Crippen LogP contribution in [0.1, 0.15) is 11.1 Å². The van der Waals surface area contributed by atoms with Gasteiger partial charge in [0.05, 0.1) is 34.9 Å². The van der Waals surface area contributed by atoms with Gasteiger partial charge in [0.25, 0.3) is 0 Å². The Morgan fingerprint density at radius 1 is 1.23 bits per heavy atom. The lowest BCUT2D eigenvalue weighted by Crippen LogP contribution is -2.43. The number of aromatic amines is 1. The summed E-state index contributed by atoms with van der Waals surface area (Å²) in [5.41, 5.74) is 5.74. The number of anilines is 2. The van der Waals surface area contributed by atoms with Crippen LogP contribution in [0.15, 0.2) is 61.3 Å². The summed E-state index contributed by atoms with van der Waals surface area (Å²) in [5.74, 6) is 2.24. The van der Waals surface area contributed by atoms with E-state index in [2.05, 4.69) is 29.5 Å². The SMILES string of the molecule is C=Cc1ccc(N2c3cccc(-c4nc5c(C)cccc5[nH]4)c3OC[C@@H]2CO)nc1. The van der Waals surface area contributed by atoms with Crippen LogP contribution >= 0.6 is 0 Å². The Morgan fingerprint density at radius 2 is 2.10 bits per heavy atom. The number of hydrogen-bond donors (Lipinski definition) is 2. The van der Waals surface area contributed by atoms with Crippen molar-refractivity contribution in [3.8, 4) is 17.1 Å². The van der Waals surface area contributed by atoms with E-state index in [-0.39, 0.29) is 12.6 Å². The zero-order chi connectivity index (χ0) is 20.7. The summed E-state index contributed by atoms with van der Waals surface area (Å²) in [6, 6.07) is 15.7. The van der Waals surface area contributed by atoms with Gasteiger partial charge in [0.1, 0.15) is 18.2 Å². The van der Waals surface area contributed by atoms with E-state index in [1.165, 1.54) is 0 Å². The molecule has 1 aliphatic rings.